The van der Waals surface area contributed by atoms with Gasteiger partial charge in [-0.05, 0) is 19.8 Å². The number of hydrogen-bond acceptors (Lipinski definition) is 2. The highest BCUT2D eigenvalue weighted by atomic mass is 16.2. The van der Waals surface area contributed by atoms with Crippen LogP contribution in [-0.2, 0) is 9.59 Å². The highest BCUT2D eigenvalue weighted by Crippen LogP contribution is 2.06. The molecule has 0 aliphatic carbocycles. The molecule has 0 unspecified atom stereocenters. The highest BCUT2D eigenvalue weighted by molar-refractivity contribution is 5.90. The fraction of sp³-hybridized carbons (Fsp3) is 0.778. The van der Waals surface area contributed by atoms with Crippen molar-refractivity contribution in [1.29, 1.82) is 0 Å². The van der Waals surface area contributed by atoms with Gasteiger partial charge in [0.25, 0.3) is 0 Å². The molecule has 2 atom stereocenters. The van der Waals surface area contributed by atoms with Gasteiger partial charge in [-0.15, -0.1) is 0 Å². The van der Waals surface area contributed by atoms with Crippen molar-refractivity contribution in [2.45, 2.75) is 45.2 Å². The summed E-state index contributed by atoms with van der Waals surface area (Å²) in [5.74, 6) is -0.0792. The molecule has 1 rings (SSSR count). The Kier molecular flexibility index (Phi) is 3.28. The smallest absolute Gasteiger partial charge is 0.242 e. The van der Waals surface area contributed by atoms with Gasteiger partial charge in [0.1, 0.15) is 6.04 Å². The molecule has 0 bridgehead atoms. The third kappa shape index (κ3) is 2.72. The first kappa shape index (κ1) is 10.0. The Hall–Kier alpha value is -1.06. The molecular weight excluding hydrogens is 168 g/mol. The van der Waals surface area contributed by atoms with Gasteiger partial charge in [-0.3, -0.25) is 9.59 Å². The molecule has 1 aliphatic rings. The van der Waals surface area contributed by atoms with Crippen molar-refractivity contribution in [2.75, 3.05) is 0 Å². The molecule has 4 nitrogen and oxygen atoms in total. The van der Waals surface area contributed by atoms with Crippen LogP contribution in [-0.4, -0.2) is 23.9 Å². The maximum atomic E-state index is 11.4. The van der Waals surface area contributed by atoms with Gasteiger partial charge in [0.05, 0.1) is 0 Å². The first-order valence-electron chi connectivity index (χ1n) is 4.73. The standard InChI is InChI=1S/C9H16N2O2/c1-3-6(2)10-9(13)7-4-5-8(12)11-7/h6-7H,3-5H2,1-2H3,(H,10,13)(H,11,12)/t6-,7-/m0/s1. The maximum Gasteiger partial charge on any atom is 0.242 e. The van der Waals surface area contributed by atoms with Gasteiger partial charge in [-0.1, -0.05) is 6.92 Å². The van der Waals surface area contributed by atoms with Crippen molar-refractivity contribution in [1.82, 2.24) is 10.6 Å². The predicted octanol–water partition coefficient (Wildman–Crippen LogP) is 0.180. The lowest BCUT2D eigenvalue weighted by atomic mass is 10.2. The average Bonchev–Trinajstić information content (AvgIpc) is 2.51. The first-order valence-corrected chi connectivity index (χ1v) is 4.73. The summed E-state index contributed by atoms with van der Waals surface area (Å²) in [4.78, 5) is 22.3. The lowest BCUT2D eigenvalue weighted by Gasteiger charge is -2.15. The fourth-order valence-electron chi connectivity index (χ4n) is 1.26. The van der Waals surface area contributed by atoms with Crippen LogP contribution in [0.1, 0.15) is 33.1 Å². The lowest BCUT2D eigenvalue weighted by molar-refractivity contribution is -0.126. The third-order valence-electron chi connectivity index (χ3n) is 2.31. The van der Waals surface area contributed by atoms with E-state index >= 15 is 0 Å². The Morgan fingerprint density at radius 2 is 2.46 bits per heavy atom. The van der Waals surface area contributed by atoms with E-state index in [2.05, 4.69) is 10.6 Å². The molecule has 0 spiro atoms. The zero-order valence-corrected chi connectivity index (χ0v) is 8.09. The number of carbonyl (C=O) groups excluding carboxylic acids is 2. The number of nitrogens with one attached hydrogen (secondary N) is 2. The van der Waals surface area contributed by atoms with Gasteiger partial charge in [0.2, 0.25) is 11.8 Å². The minimum absolute atomic E-state index is 0.0238. The number of hydrogen-bond donors (Lipinski definition) is 2. The molecule has 1 fully saturated rings. The van der Waals surface area contributed by atoms with Crippen molar-refractivity contribution in [3.05, 3.63) is 0 Å². The maximum absolute atomic E-state index is 11.4. The lowest BCUT2D eigenvalue weighted by Crippen LogP contribution is -2.44. The van der Waals surface area contributed by atoms with Crippen molar-refractivity contribution < 1.29 is 9.59 Å². The van der Waals surface area contributed by atoms with E-state index in [1.807, 2.05) is 13.8 Å². The van der Waals surface area contributed by atoms with Crippen LogP contribution < -0.4 is 10.6 Å². The van der Waals surface area contributed by atoms with E-state index in [1.54, 1.807) is 0 Å². The van der Waals surface area contributed by atoms with Gasteiger partial charge in [0.15, 0.2) is 0 Å². The van der Waals surface area contributed by atoms with Gasteiger partial charge in [-0.2, -0.15) is 0 Å². The van der Waals surface area contributed by atoms with E-state index in [0.29, 0.717) is 12.8 Å². The molecule has 0 aromatic carbocycles. The molecule has 13 heavy (non-hydrogen) atoms. The van der Waals surface area contributed by atoms with Crippen LogP contribution in [0.4, 0.5) is 0 Å². The summed E-state index contributed by atoms with van der Waals surface area (Å²) in [6.45, 7) is 3.97. The SMILES string of the molecule is CC[C@H](C)NC(=O)[C@@H]1CCC(=O)N1. The van der Waals surface area contributed by atoms with E-state index in [1.165, 1.54) is 0 Å². The van der Waals surface area contributed by atoms with Crippen molar-refractivity contribution in [3.8, 4) is 0 Å². The van der Waals surface area contributed by atoms with Crippen LogP contribution in [0.15, 0.2) is 0 Å². The summed E-state index contributed by atoms with van der Waals surface area (Å²) in [5.41, 5.74) is 0. The van der Waals surface area contributed by atoms with E-state index in [-0.39, 0.29) is 23.9 Å². The molecule has 0 saturated carbocycles. The van der Waals surface area contributed by atoms with Gasteiger partial charge < -0.3 is 10.6 Å². The molecule has 2 amide bonds. The first-order chi connectivity index (χ1) is 6.13. The van der Waals surface area contributed by atoms with E-state index < -0.39 is 0 Å². The minimum atomic E-state index is -0.304. The Labute approximate surface area is 78.1 Å². The predicted molar refractivity (Wildman–Crippen MR) is 49.1 cm³/mol. The van der Waals surface area contributed by atoms with Crippen LogP contribution in [0.3, 0.4) is 0 Å². The van der Waals surface area contributed by atoms with Gasteiger partial charge in [-0.25, -0.2) is 0 Å². The molecule has 1 saturated heterocycles. The highest BCUT2D eigenvalue weighted by Gasteiger charge is 2.27. The molecule has 4 heteroatoms. The zero-order valence-electron chi connectivity index (χ0n) is 8.09. The minimum Gasteiger partial charge on any atom is -0.352 e. The molecule has 1 aliphatic heterocycles. The van der Waals surface area contributed by atoms with Gasteiger partial charge >= 0.3 is 0 Å². The second-order valence-electron chi connectivity index (χ2n) is 3.48. The normalized spacial score (nSPS) is 23.8. The van der Waals surface area contributed by atoms with Crippen LogP contribution in [0.2, 0.25) is 0 Å². The van der Waals surface area contributed by atoms with Crippen molar-refractivity contribution in [2.24, 2.45) is 0 Å². The summed E-state index contributed by atoms with van der Waals surface area (Å²) in [6.07, 6.45) is 2.01. The Morgan fingerprint density at radius 1 is 1.77 bits per heavy atom. The van der Waals surface area contributed by atoms with Crippen LogP contribution in [0, 0.1) is 0 Å². The van der Waals surface area contributed by atoms with Crippen LogP contribution >= 0.6 is 0 Å². The van der Waals surface area contributed by atoms with Crippen LogP contribution in [0.5, 0.6) is 0 Å². The topological polar surface area (TPSA) is 58.2 Å². The third-order valence-corrected chi connectivity index (χ3v) is 2.31. The average molecular weight is 184 g/mol. The number of rotatable bonds is 3. The van der Waals surface area contributed by atoms with Crippen LogP contribution in [0.25, 0.3) is 0 Å². The molecular formula is C9H16N2O2. The second-order valence-corrected chi connectivity index (χ2v) is 3.48. The largest absolute Gasteiger partial charge is 0.352 e. The molecule has 2 N–H and O–H groups in total. The Balaban J connectivity index is 2.35. The monoisotopic (exact) mass is 184 g/mol. The quantitative estimate of drug-likeness (QED) is 0.657. The molecule has 0 radical (unpaired) electrons. The molecule has 74 valence electrons. The summed E-state index contributed by atoms with van der Waals surface area (Å²) in [7, 11) is 0. The molecule has 1 heterocycles. The van der Waals surface area contributed by atoms with Gasteiger partial charge in [0, 0.05) is 12.5 Å². The molecule has 0 aromatic heterocycles. The number of carbonyl (C=O) groups is 2. The fourth-order valence-corrected chi connectivity index (χ4v) is 1.26. The zero-order chi connectivity index (χ0) is 9.84. The Bertz CT molecular complexity index is 216. The van der Waals surface area contributed by atoms with E-state index in [9.17, 15) is 9.59 Å². The van der Waals surface area contributed by atoms with Crippen molar-refractivity contribution in [3.63, 3.8) is 0 Å². The molecule has 0 aromatic rings. The summed E-state index contributed by atoms with van der Waals surface area (Å²) < 4.78 is 0. The summed E-state index contributed by atoms with van der Waals surface area (Å²) >= 11 is 0. The second kappa shape index (κ2) is 4.25. The number of amides is 2. The van der Waals surface area contributed by atoms with Crippen molar-refractivity contribution >= 4 is 11.8 Å². The Morgan fingerprint density at radius 3 is 2.92 bits per heavy atom. The summed E-state index contributed by atoms with van der Waals surface area (Å²) in [6, 6.07) is -0.119. The summed E-state index contributed by atoms with van der Waals surface area (Å²) in [5, 5.41) is 5.47. The van der Waals surface area contributed by atoms with E-state index in [0.717, 1.165) is 6.42 Å². The van der Waals surface area contributed by atoms with E-state index in [4.69, 9.17) is 0 Å².